The number of benzene rings is 1. The molecule has 0 aromatic heterocycles. The van der Waals surface area contributed by atoms with Crippen LogP contribution in [0.1, 0.15) is 42.1 Å². The van der Waals surface area contributed by atoms with Gasteiger partial charge in [0.05, 0.1) is 5.56 Å². The summed E-state index contributed by atoms with van der Waals surface area (Å²) in [7, 11) is 1.85. The number of piperidine rings is 1. The van der Waals surface area contributed by atoms with E-state index in [1.807, 2.05) is 32.2 Å². The molecule has 1 fully saturated rings. The minimum atomic E-state index is 0.00357. The van der Waals surface area contributed by atoms with Crippen LogP contribution >= 0.6 is 0 Å². The van der Waals surface area contributed by atoms with E-state index < -0.39 is 0 Å². The number of amides is 1. The molecule has 116 valence electrons. The van der Waals surface area contributed by atoms with Crippen molar-refractivity contribution in [2.24, 2.45) is 0 Å². The number of carbonyl (C=O) groups excluding carboxylic acids is 1. The fourth-order valence-electron chi connectivity index (χ4n) is 2.94. The number of hydrogen-bond acceptors (Lipinski definition) is 3. The van der Waals surface area contributed by atoms with Crippen molar-refractivity contribution in [1.82, 2.24) is 10.2 Å². The quantitative estimate of drug-likeness (QED) is 0.876. The Morgan fingerprint density at radius 2 is 2.00 bits per heavy atom. The van der Waals surface area contributed by atoms with Gasteiger partial charge in [0, 0.05) is 25.3 Å². The van der Waals surface area contributed by atoms with Crippen LogP contribution in [-0.2, 0) is 0 Å². The average Bonchev–Trinajstić information content (AvgIpc) is 2.47. The van der Waals surface area contributed by atoms with Crippen LogP contribution in [0.25, 0.3) is 0 Å². The minimum absolute atomic E-state index is 0.00357. The Hall–Kier alpha value is -1.55. The Morgan fingerprint density at radius 1 is 1.29 bits per heavy atom. The molecule has 0 radical (unpaired) electrons. The van der Waals surface area contributed by atoms with Crippen molar-refractivity contribution in [3.8, 4) is 0 Å². The molecule has 1 unspecified atom stereocenters. The molecule has 1 aliphatic heterocycles. The molecule has 1 aromatic rings. The number of nitrogens with one attached hydrogen (secondary N) is 2. The van der Waals surface area contributed by atoms with E-state index in [2.05, 4.69) is 22.5 Å². The van der Waals surface area contributed by atoms with E-state index in [0.717, 1.165) is 30.9 Å². The van der Waals surface area contributed by atoms with Crippen LogP contribution in [0.5, 0.6) is 0 Å². The van der Waals surface area contributed by atoms with Crippen molar-refractivity contribution in [3.63, 3.8) is 0 Å². The molecular formula is C17H27N3O. The summed E-state index contributed by atoms with van der Waals surface area (Å²) in [5, 5.41) is 6.22. The van der Waals surface area contributed by atoms with E-state index >= 15 is 0 Å². The lowest BCUT2D eigenvalue weighted by molar-refractivity contribution is 0.0926. The standard InChI is InChI=1S/C17H27N3O/c1-13-7-8-15(16(11-13)18-3)17(21)19-14(2)12-20-9-5-4-6-10-20/h7-8,11,14,18H,4-6,9-10,12H2,1-3H3,(H,19,21). The lowest BCUT2D eigenvalue weighted by Gasteiger charge is -2.29. The fraction of sp³-hybridized carbons (Fsp3) is 0.588. The molecule has 1 atom stereocenters. The molecule has 0 spiro atoms. The number of carbonyl (C=O) groups is 1. The molecule has 1 amide bonds. The Kier molecular flexibility index (Phi) is 5.62. The second-order valence-electron chi connectivity index (χ2n) is 6.03. The van der Waals surface area contributed by atoms with Gasteiger partial charge >= 0.3 is 0 Å². The lowest BCUT2D eigenvalue weighted by Crippen LogP contribution is -2.43. The van der Waals surface area contributed by atoms with Crippen molar-refractivity contribution >= 4 is 11.6 Å². The van der Waals surface area contributed by atoms with Gasteiger partial charge in [-0.3, -0.25) is 4.79 Å². The van der Waals surface area contributed by atoms with Crippen LogP contribution < -0.4 is 10.6 Å². The molecule has 0 saturated carbocycles. The number of hydrogen-bond donors (Lipinski definition) is 2. The van der Waals surface area contributed by atoms with Crippen molar-refractivity contribution < 1.29 is 4.79 Å². The molecular weight excluding hydrogens is 262 g/mol. The highest BCUT2D eigenvalue weighted by atomic mass is 16.1. The molecule has 2 rings (SSSR count). The number of likely N-dealkylation sites (tertiary alicyclic amines) is 1. The maximum Gasteiger partial charge on any atom is 0.253 e. The van der Waals surface area contributed by atoms with Gasteiger partial charge in [-0.15, -0.1) is 0 Å². The Labute approximate surface area is 127 Å². The monoisotopic (exact) mass is 289 g/mol. The van der Waals surface area contributed by atoms with Crippen LogP contribution in [0, 0.1) is 6.92 Å². The molecule has 2 N–H and O–H groups in total. The molecule has 1 heterocycles. The average molecular weight is 289 g/mol. The first-order valence-corrected chi connectivity index (χ1v) is 7.92. The summed E-state index contributed by atoms with van der Waals surface area (Å²) in [6.07, 6.45) is 3.90. The number of rotatable bonds is 5. The maximum absolute atomic E-state index is 12.4. The van der Waals surface area contributed by atoms with E-state index in [9.17, 15) is 4.79 Å². The first-order valence-electron chi connectivity index (χ1n) is 7.92. The smallest absolute Gasteiger partial charge is 0.253 e. The third kappa shape index (κ3) is 4.46. The Morgan fingerprint density at radius 3 is 2.67 bits per heavy atom. The van der Waals surface area contributed by atoms with Gasteiger partial charge in [0.1, 0.15) is 0 Å². The first-order chi connectivity index (χ1) is 10.1. The second-order valence-corrected chi connectivity index (χ2v) is 6.03. The van der Waals surface area contributed by atoms with Gasteiger partial charge in [0.15, 0.2) is 0 Å². The van der Waals surface area contributed by atoms with Gasteiger partial charge < -0.3 is 15.5 Å². The maximum atomic E-state index is 12.4. The van der Waals surface area contributed by atoms with Crippen molar-refractivity contribution in [2.75, 3.05) is 32.0 Å². The normalized spacial score (nSPS) is 17.3. The van der Waals surface area contributed by atoms with E-state index in [0.29, 0.717) is 5.56 Å². The zero-order valence-electron chi connectivity index (χ0n) is 13.4. The SMILES string of the molecule is CNc1cc(C)ccc1C(=O)NC(C)CN1CCCCC1. The summed E-state index contributed by atoms with van der Waals surface area (Å²) in [5.41, 5.74) is 2.75. The molecule has 1 saturated heterocycles. The molecule has 0 bridgehead atoms. The summed E-state index contributed by atoms with van der Waals surface area (Å²) in [6, 6.07) is 6.04. The van der Waals surface area contributed by atoms with Gasteiger partial charge in [0.25, 0.3) is 5.91 Å². The van der Waals surface area contributed by atoms with Crippen LogP contribution in [0.3, 0.4) is 0 Å². The zero-order chi connectivity index (χ0) is 15.2. The van der Waals surface area contributed by atoms with Gasteiger partial charge in [-0.05, 0) is 57.5 Å². The van der Waals surface area contributed by atoms with E-state index in [-0.39, 0.29) is 11.9 Å². The summed E-state index contributed by atoms with van der Waals surface area (Å²) in [5.74, 6) is 0.00357. The summed E-state index contributed by atoms with van der Waals surface area (Å²) >= 11 is 0. The fourth-order valence-corrected chi connectivity index (χ4v) is 2.94. The number of nitrogens with zero attached hydrogens (tertiary/aromatic N) is 1. The van der Waals surface area contributed by atoms with Crippen molar-refractivity contribution in [1.29, 1.82) is 0 Å². The van der Waals surface area contributed by atoms with E-state index in [4.69, 9.17) is 0 Å². The Bertz CT molecular complexity index is 481. The highest BCUT2D eigenvalue weighted by molar-refractivity contribution is 5.99. The van der Waals surface area contributed by atoms with Crippen LogP contribution in [0.4, 0.5) is 5.69 Å². The summed E-state index contributed by atoms with van der Waals surface area (Å²) in [6.45, 7) is 7.37. The van der Waals surface area contributed by atoms with Gasteiger partial charge in [0.2, 0.25) is 0 Å². The van der Waals surface area contributed by atoms with Crippen molar-refractivity contribution in [2.45, 2.75) is 39.2 Å². The number of aryl methyl sites for hydroxylation is 1. The molecule has 0 aliphatic carbocycles. The van der Waals surface area contributed by atoms with E-state index in [1.54, 1.807) is 0 Å². The van der Waals surface area contributed by atoms with Crippen LogP contribution in [-0.4, -0.2) is 43.5 Å². The third-order valence-corrected chi connectivity index (χ3v) is 4.05. The molecule has 4 nitrogen and oxygen atoms in total. The third-order valence-electron chi connectivity index (χ3n) is 4.05. The first kappa shape index (κ1) is 15.8. The molecule has 1 aromatic carbocycles. The molecule has 4 heteroatoms. The summed E-state index contributed by atoms with van der Waals surface area (Å²) in [4.78, 5) is 14.9. The van der Waals surface area contributed by atoms with Gasteiger partial charge in [-0.1, -0.05) is 12.5 Å². The topological polar surface area (TPSA) is 44.4 Å². The highest BCUT2D eigenvalue weighted by Crippen LogP contribution is 2.17. The van der Waals surface area contributed by atoms with Gasteiger partial charge in [-0.2, -0.15) is 0 Å². The van der Waals surface area contributed by atoms with Crippen LogP contribution in [0.2, 0.25) is 0 Å². The number of anilines is 1. The Balaban J connectivity index is 1.94. The zero-order valence-corrected chi connectivity index (χ0v) is 13.4. The van der Waals surface area contributed by atoms with Crippen molar-refractivity contribution in [3.05, 3.63) is 29.3 Å². The van der Waals surface area contributed by atoms with Gasteiger partial charge in [-0.25, -0.2) is 0 Å². The van der Waals surface area contributed by atoms with Crippen LogP contribution in [0.15, 0.2) is 18.2 Å². The largest absolute Gasteiger partial charge is 0.387 e. The summed E-state index contributed by atoms with van der Waals surface area (Å²) < 4.78 is 0. The molecule has 1 aliphatic rings. The molecule has 21 heavy (non-hydrogen) atoms. The van der Waals surface area contributed by atoms with E-state index in [1.165, 1.54) is 19.3 Å². The highest BCUT2D eigenvalue weighted by Gasteiger charge is 2.17. The minimum Gasteiger partial charge on any atom is -0.387 e. The predicted octanol–water partition coefficient (Wildman–Crippen LogP) is 2.64. The lowest BCUT2D eigenvalue weighted by atomic mass is 10.1. The predicted molar refractivity (Wildman–Crippen MR) is 87.9 cm³/mol. The second kappa shape index (κ2) is 7.46.